The highest BCUT2D eigenvalue weighted by Crippen LogP contribution is 2.44. The van der Waals surface area contributed by atoms with E-state index in [4.69, 9.17) is 10.5 Å². The smallest absolute Gasteiger partial charge is 0.433 e. The van der Waals surface area contributed by atoms with Crippen LogP contribution in [0.2, 0.25) is 0 Å². The van der Waals surface area contributed by atoms with Gasteiger partial charge in [-0.05, 0) is 57.5 Å². The maximum absolute atomic E-state index is 16.2. The van der Waals surface area contributed by atoms with Crippen molar-refractivity contribution in [2.45, 2.75) is 71.6 Å². The molecule has 0 spiro atoms. The predicted octanol–water partition coefficient (Wildman–Crippen LogP) is 7.00. The van der Waals surface area contributed by atoms with Crippen molar-refractivity contribution in [1.82, 2.24) is 15.3 Å². The molecule has 0 aliphatic carbocycles. The van der Waals surface area contributed by atoms with Crippen LogP contribution >= 0.6 is 0 Å². The third-order valence-electron chi connectivity index (χ3n) is 6.79. The van der Waals surface area contributed by atoms with Gasteiger partial charge in [0, 0.05) is 23.9 Å². The van der Waals surface area contributed by atoms with Crippen molar-refractivity contribution in [1.29, 1.82) is 0 Å². The molecule has 0 fully saturated rings. The van der Waals surface area contributed by atoms with Crippen LogP contribution in [0.15, 0.2) is 24.4 Å². The summed E-state index contributed by atoms with van der Waals surface area (Å²) in [6, 6.07) is 2.88. The minimum Gasteiger partial charge on any atom is -0.474 e. The number of ether oxygens (including phenoxy) is 1. The SMILES string of the molecule is CCCCNCCC(C)Oc1nc(-c2cc(N)c(F)c(C)c2C(F)(F)F)c(F)c(NCc2cccnc2C(F)(F)F)c1CO. The summed E-state index contributed by atoms with van der Waals surface area (Å²) in [5, 5.41) is 15.8. The number of nitrogens with one attached hydrogen (secondary N) is 2. The van der Waals surface area contributed by atoms with E-state index in [-0.39, 0.29) is 5.56 Å². The van der Waals surface area contributed by atoms with E-state index in [0.717, 1.165) is 38.6 Å². The lowest BCUT2D eigenvalue weighted by Gasteiger charge is -2.23. The van der Waals surface area contributed by atoms with Gasteiger partial charge in [0.15, 0.2) is 5.82 Å². The van der Waals surface area contributed by atoms with Gasteiger partial charge < -0.3 is 26.2 Å². The van der Waals surface area contributed by atoms with Crippen molar-refractivity contribution >= 4 is 11.4 Å². The topological polar surface area (TPSA) is 105 Å². The van der Waals surface area contributed by atoms with Gasteiger partial charge in [0.05, 0.1) is 35.2 Å². The van der Waals surface area contributed by atoms with E-state index in [1.165, 1.54) is 6.07 Å². The van der Waals surface area contributed by atoms with Crippen molar-refractivity contribution in [2.75, 3.05) is 24.1 Å². The largest absolute Gasteiger partial charge is 0.474 e. The number of benzene rings is 1. The van der Waals surface area contributed by atoms with Crippen LogP contribution in [0, 0.1) is 18.6 Å². The van der Waals surface area contributed by atoms with Crippen LogP contribution < -0.4 is 21.1 Å². The van der Waals surface area contributed by atoms with E-state index in [1.807, 2.05) is 6.92 Å². The Morgan fingerprint density at radius 1 is 1.07 bits per heavy atom. The molecule has 15 heteroatoms. The van der Waals surface area contributed by atoms with E-state index < -0.39 is 94.1 Å². The van der Waals surface area contributed by atoms with Crippen LogP contribution in [0.3, 0.4) is 0 Å². The second kappa shape index (κ2) is 14.4. The first kappa shape index (κ1) is 34.8. The first-order valence-electron chi connectivity index (χ1n) is 13.7. The maximum Gasteiger partial charge on any atom is 0.433 e. The summed E-state index contributed by atoms with van der Waals surface area (Å²) in [5.74, 6) is -3.28. The average Bonchev–Trinajstić information content (AvgIpc) is 2.94. The number of hydrogen-bond acceptors (Lipinski definition) is 7. The average molecular weight is 636 g/mol. The molecule has 3 rings (SSSR count). The fourth-order valence-electron chi connectivity index (χ4n) is 4.56. The molecule has 0 radical (unpaired) electrons. The Balaban J connectivity index is 2.19. The van der Waals surface area contributed by atoms with Gasteiger partial charge in [0.2, 0.25) is 5.88 Å². The summed E-state index contributed by atoms with van der Waals surface area (Å²) in [4.78, 5) is 7.32. The molecule has 0 saturated heterocycles. The molecule has 1 atom stereocenters. The number of hydrogen-bond donors (Lipinski definition) is 4. The number of nitrogen functional groups attached to an aromatic ring is 1. The number of halogens is 8. The maximum atomic E-state index is 16.2. The fourth-order valence-corrected chi connectivity index (χ4v) is 4.56. The highest BCUT2D eigenvalue weighted by Gasteiger charge is 2.39. The fraction of sp³-hybridized carbons (Fsp3) is 0.448. The minimum atomic E-state index is -5.18. The lowest BCUT2D eigenvalue weighted by atomic mass is 9.95. The highest BCUT2D eigenvalue weighted by molar-refractivity contribution is 5.76. The van der Waals surface area contributed by atoms with E-state index in [9.17, 15) is 35.8 Å². The van der Waals surface area contributed by atoms with Gasteiger partial charge in [-0.1, -0.05) is 19.4 Å². The quantitative estimate of drug-likeness (QED) is 0.0911. The van der Waals surface area contributed by atoms with Crippen molar-refractivity contribution in [2.24, 2.45) is 0 Å². The van der Waals surface area contributed by atoms with Crippen LogP contribution in [0.1, 0.15) is 61.1 Å². The molecule has 0 amide bonds. The van der Waals surface area contributed by atoms with Crippen LogP contribution in [0.25, 0.3) is 11.3 Å². The number of anilines is 2. The van der Waals surface area contributed by atoms with Crippen LogP contribution in [-0.2, 0) is 25.5 Å². The number of alkyl halides is 6. The second-order valence-electron chi connectivity index (χ2n) is 10.1. The standard InChI is InChI=1S/C29H33F8N5O2/c1-4-5-9-39-11-8-15(2)44-27-19(14-43)24(41-13-17-7-6-10-40-26(17)29(35,36)37)23(31)25(42-27)18-12-20(38)22(30)16(3)21(18)28(32,33)34/h6-7,10,12,15,39,43H,4-5,8-9,11,13-14,38H2,1-3H3,(H,41,42). The number of nitrogens with zero attached hydrogens (tertiary/aromatic N) is 2. The third-order valence-corrected chi connectivity index (χ3v) is 6.79. The lowest BCUT2D eigenvalue weighted by Crippen LogP contribution is -2.24. The molecule has 5 N–H and O–H groups in total. The van der Waals surface area contributed by atoms with Gasteiger partial charge in [-0.3, -0.25) is 4.98 Å². The lowest BCUT2D eigenvalue weighted by molar-refractivity contribution is -0.141. The van der Waals surface area contributed by atoms with Crippen molar-refractivity contribution < 1.29 is 45.0 Å². The predicted molar refractivity (Wildman–Crippen MR) is 149 cm³/mol. The van der Waals surface area contributed by atoms with Crippen molar-refractivity contribution in [3.05, 3.63) is 64.0 Å². The molecule has 1 aromatic carbocycles. The minimum absolute atomic E-state index is 0.352. The number of pyridine rings is 2. The monoisotopic (exact) mass is 635 g/mol. The summed E-state index contributed by atoms with van der Waals surface area (Å²) >= 11 is 0. The zero-order valence-corrected chi connectivity index (χ0v) is 24.2. The Morgan fingerprint density at radius 3 is 2.39 bits per heavy atom. The summed E-state index contributed by atoms with van der Waals surface area (Å²) in [6.07, 6.45) is -7.50. The molecule has 7 nitrogen and oxygen atoms in total. The molecule has 1 unspecified atom stereocenters. The Hall–Kier alpha value is -3.72. The van der Waals surface area contributed by atoms with Gasteiger partial charge >= 0.3 is 12.4 Å². The van der Waals surface area contributed by atoms with Gasteiger partial charge in [0.1, 0.15) is 17.2 Å². The van der Waals surface area contributed by atoms with E-state index in [1.54, 1.807) is 6.92 Å². The molecular weight excluding hydrogens is 602 g/mol. The van der Waals surface area contributed by atoms with Crippen molar-refractivity contribution in [3.8, 4) is 17.1 Å². The third kappa shape index (κ3) is 8.05. The number of aliphatic hydroxyl groups excluding tert-OH is 1. The van der Waals surface area contributed by atoms with Crippen LogP contribution in [-0.4, -0.2) is 34.3 Å². The molecular formula is C29H33F8N5O2. The molecule has 0 saturated carbocycles. The summed E-state index contributed by atoms with van der Waals surface area (Å²) in [6.45, 7) is 4.05. The molecule has 2 heterocycles. The first-order chi connectivity index (χ1) is 20.6. The Labute approximate surface area is 248 Å². The van der Waals surface area contributed by atoms with Crippen LogP contribution in [0.4, 0.5) is 46.5 Å². The molecule has 3 aromatic rings. The molecule has 0 aliphatic rings. The van der Waals surface area contributed by atoms with Crippen LogP contribution in [0.5, 0.6) is 5.88 Å². The summed E-state index contributed by atoms with van der Waals surface area (Å²) in [7, 11) is 0. The zero-order chi connectivity index (χ0) is 32.8. The second-order valence-corrected chi connectivity index (χ2v) is 10.1. The number of aromatic nitrogens is 2. The Kier molecular flexibility index (Phi) is 11.4. The first-order valence-corrected chi connectivity index (χ1v) is 13.7. The Bertz CT molecular complexity index is 1450. The highest BCUT2D eigenvalue weighted by atomic mass is 19.4. The number of aliphatic hydroxyl groups is 1. The van der Waals surface area contributed by atoms with Gasteiger partial charge in [-0.25, -0.2) is 13.8 Å². The normalized spacial score (nSPS) is 12.8. The van der Waals surface area contributed by atoms with Gasteiger partial charge in [0.25, 0.3) is 0 Å². The molecule has 242 valence electrons. The van der Waals surface area contributed by atoms with Gasteiger partial charge in [-0.2, -0.15) is 26.3 Å². The molecule has 44 heavy (non-hydrogen) atoms. The van der Waals surface area contributed by atoms with E-state index >= 15 is 4.39 Å². The summed E-state index contributed by atoms with van der Waals surface area (Å²) < 4.78 is 120. The van der Waals surface area contributed by atoms with E-state index in [0.29, 0.717) is 19.0 Å². The zero-order valence-electron chi connectivity index (χ0n) is 24.2. The Morgan fingerprint density at radius 2 is 1.77 bits per heavy atom. The van der Waals surface area contributed by atoms with Crippen molar-refractivity contribution in [3.63, 3.8) is 0 Å². The van der Waals surface area contributed by atoms with E-state index in [2.05, 4.69) is 20.6 Å². The summed E-state index contributed by atoms with van der Waals surface area (Å²) in [5.41, 5.74) is -2.13. The molecule has 0 bridgehead atoms. The van der Waals surface area contributed by atoms with Gasteiger partial charge in [-0.15, -0.1) is 0 Å². The molecule has 0 aliphatic heterocycles. The number of nitrogens with two attached hydrogens (primary N) is 1. The number of rotatable bonds is 13. The molecule has 2 aromatic heterocycles. The number of unbranched alkanes of at least 4 members (excludes halogenated alkanes) is 1.